The fraction of sp³-hybridized carbons (Fsp3) is 0.375. The van der Waals surface area contributed by atoms with Gasteiger partial charge in [-0.3, -0.25) is 14.4 Å². The van der Waals surface area contributed by atoms with Crippen LogP contribution >= 0.6 is 0 Å². The third-order valence-electron chi connectivity index (χ3n) is 5.65. The summed E-state index contributed by atoms with van der Waals surface area (Å²) in [6.07, 6.45) is 2.09. The molecule has 3 amide bonds. The number of nitrogens with zero attached hydrogens (tertiary/aromatic N) is 2. The minimum atomic E-state index is -0.239. The van der Waals surface area contributed by atoms with Gasteiger partial charge in [-0.2, -0.15) is 0 Å². The van der Waals surface area contributed by atoms with Crippen molar-refractivity contribution in [2.45, 2.75) is 12.8 Å². The predicted octanol–water partition coefficient (Wildman–Crippen LogP) is 2.45. The van der Waals surface area contributed by atoms with Gasteiger partial charge in [-0.25, -0.2) is 0 Å². The number of likely N-dealkylation sites (tertiary alicyclic amines) is 1. The molecule has 0 unspecified atom stereocenters. The topological polar surface area (TPSA) is 91.0 Å². The molecule has 2 aliphatic heterocycles. The Hall–Kier alpha value is -3.39. The maximum Gasteiger partial charge on any atom is 0.254 e. The Morgan fingerprint density at radius 1 is 0.781 bits per heavy atom. The minimum absolute atomic E-state index is 0.0253. The Balaban J connectivity index is 1.32. The van der Waals surface area contributed by atoms with Crippen LogP contribution in [0.4, 0.5) is 11.4 Å². The predicted molar refractivity (Wildman–Crippen MR) is 122 cm³/mol. The molecule has 4 rings (SSSR count). The highest BCUT2D eigenvalue weighted by Gasteiger charge is 2.20. The molecular weight excluding hydrogens is 408 g/mol. The fourth-order valence-electron chi connectivity index (χ4n) is 3.93. The van der Waals surface area contributed by atoms with Crippen LogP contribution in [0.2, 0.25) is 0 Å². The average molecular weight is 437 g/mol. The first-order valence-electron chi connectivity index (χ1n) is 11.0. The summed E-state index contributed by atoms with van der Waals surface area (Å²) in [5.74, 6) is -0.281. The van der Waals surface area contributed by atoms with Crippen molar-refractivity contribution in [3.63, 3.8) is 0 Å². The smallest absolute Gasteiger partial charge is 0.254 e. The van der Waals surface area contributed by atoms with Crippen molar-refractivity contribution in [1.82, 2.24) is 9.80 Å². The van der Waals surface area contributed by atoms with Crippen LogP contribution in [0.25, 0.3) is 0 Å². The number of amides is 3. The quantitative estimate of drug-likeness (QED) is 0.726. The van der Waals surface area contributed by atoms with Gasteiger partial charge in [0.1, 0.15) is 0 Å². The van der Waals surface area contributed by atoms with Crippen molar-refractivity contribution in [3.05, 3.63) is 59.7 Å². The van der Waals surface area contributed by atoms with Gasteiger partial charge in [-0.1, -0.05) is 12.1 Å². The highest BCUT2D eigenvalue weighted by atomic mass is 16.5. The van der Waals surface area contributed by atoms with Crippen molar-refractivity contribution < 1.29 is 19.1 Å². The van der Waals surface area contributed by atoms with E-state index in [1.807, 2.05) is 17.0 Å². The lowest BCUT2D eigenvalue weighted by molar-refractivity contribution is -0.114. The van der Waals surface area contributed by atoms with Crippen LogP contribution in [0, 0.1) is 0 Å². The van der Waals surface area contributed by atoms with Crippen LogP contribution in [0.15, 0.2) is 48.5 Å². The highest BCUT2D eigenvalue weighted by molar-refractivity contribution is 5.98. The summed E-state index contributed by atoms with van der Waals surface area (Å²) >= 11 is 0. The molecule has 0 radical (unpaired) electrons. The largest absolute Gasteiger partial charge is 0.378 e. The second-order valence-corrected chi connectivity index (χ2v) is 7.97. The molecule has 2 heterocycles. The highest BCUT2D eigenvalue weighted by Crippen LogP contribution is 2.17. The van der Waals surface area contributed by atoms with Gasteiger partial charge in [-0.05, 0) is 49.2 Å². The van der Waals surface area contributed by atoms with Crippen molar-refractivity contribution in [1.29, 1.82) is 0 Å². The molecule has 0 saturated carbocycles. The summed E-state index contributed by atoms with van der Waals surface area (Å²) in [6, 6.07) is 14.1. The van der Waals surface area contributed by atoms with Crippen LogP contribution in [0.3, 0.4) is 0 Å². The Kier molecular flexibility index (Phi) is 7.01. The number of carbonyl (C=O) groups excluding carboxylic acids is 3. The Morgan fingerprint density at radius 2 is 1.34 bits per heavy atom. The third kappa shape index (κ3) is 5.45. The molecule has 0 spiro atoms. The Bertz CT molecular complexity index is 981. The standard InChI is InChI=1S/C24H28N4O4/c29-22(17-25-20-7-3-5-18(15-20)23(30)27-9-1-2-10-27)26-21-8-4-6-19(16-21)24(31)28-11-13-32-14-12-28/h3-8,15-16,25H,1-2,9-14,17H2,(H,26,29). The molecule has 2 aromatic carbocycles. The van der Waals surface area contributed by atoms with Crippen molar-refractivity contribution in [2.75, 3.05) is 56.6 Å². The van der Waals surface area contributed by atoms with Crippen LogP contribution in [0.1, 0.15) is 33.6 Å². The van der Waals surface area contributed by atoms with Crippen LogP contribution in [0.5, 0.6) is 0 Å². The summed E-state index contributed by atoms with van der Waals surface area (Å²) in [4.78, 5) is 41.3. The fourth-order valence-corrected chi connectivity index (χ4v) is 3.93. The van der Waals surface area contributed by atoms with E-state index in [1.54, 1.807) is 41.3 Å². The second-order valence-electron chi connectivity index (χ2n) is 7.97. The molecule has 2 N–H and O–H groups in total. The van der Waals surface area contributed by atoms with E-state index in [4.69, 9.17) is 4.74 Å². The first-order chi connectivity index (χ1) is 15.6. The molecule has 2 aromatic rings. The molecule has 2 fully saturated rings. The zero-order valence-corrected chi connectivity index (χ0v) is 18.0. The third-order valence-corrected chi connectivity index (χ3v) is 5.65. The summed E-state index contributed by atoms with van der Waals surface area (Å²) in [7, 11) is 0. The van der Waals surface area contributed by atoms with Crippen molar-refractivity contribution in [2.24, 2.45) is 0 Å². The molecule has 32 heavy (non-hydrogen) atoms. The van der Waals surface area contributed by atoms with Crippen molar-refractivity contribution in [3.8, 4) is 0 Å². The van der Waals surface area contributed by atoms with E-state index in [-0.39, 0.29) is 24.3 Å². The van der Waals surface area contributed by atoms with Gasteiger partial charge < -0.3 is 25.2 Å². The first-order valence-corrected chi connectivity index (χ1v) is 11.0. The zero-order chi connectivity index (χ0) is 22.3. The lowest BCUT2D eigenvalue weighted by atomic mass is 10.1. The minimum Gasteiger partial charge on any atom is -0.378 e. The molecule has 2 aliphatic rings. The van der Waals surface area contributed by atoms with Crippen LogP contribution < -0.4 is 10.6 Å². The maximum atomic E-state index is 12.6. The molecule has 0 aliphatic carbocycles. The van der Waals surface area contributed by atoms with Gasteiger partial charge in [0.25, 0.3) is 11.8 Å². The molecule has 8 nitrogen and oxygen atoms in total. The normalized spacial score (nSPS) is 16.0. The van der Waals surface area contributed by atoms with Crippen LogP contribution in [-0.4, -0.2) is 73.5 Å². The molecule has 8 heteroatoms. The molecular formula is C24H28N4O4. The van der Waals surface area contributed by atoms with Crippen molar-refractivity contribution >= 4 is 29.1 Å². The number of carbonyl (C=O) groups is 3. The number of morpholine rings is 1. The molecule has 168 valence electrons. The number of ether oxygens (including phenoxy) is 1. The van der Waals surface area contributed by atoms with Gasteiger partial charge in [0, 0.05) is 48.7 Å². The number of benzene rings is 2. The zero-order valence-electron chi connectivity index (χ0n) is 18.0. The molecule has 0 atom stereocenters. The van der Waals surface area contributed by atoms with E-state index >= 15 is 0 Å². The molecule has 2 saturated heterocycles. The van der Waals surface area contributed by atoms with E-state index < -0.39 is 0 Å². The first kappa shape index (κ1) is 21.8. The van der Waals surface area contributed by atoms with Gasteiger partial charge in [0.2, 0.25) is 5.91 Å². The van der Waals surface area contributed by atoms with Crippen LogP contribution in [-0.2, 0) is 9.53 Å². The lowest BCUT2D eigenvalue weighted by Crippen LogP contribution is -2.40. The molecule has 0 bridgehead atoms. The summed E-state index contributed by atoms with van der Waals surface area (Å²) < 4.78 is 5.29. The van der Waals surface area contributed by atoms with E-state index in [0.717, 1.165) is 25.9 Å². The SMILES string of the molecule is O=C(CNc1cccc(C(=O)N2CCCC2)c1)Nc1cccc(C(=O)N2CCOCC2)c1. The van der Waals surface area contributed by atoms with E-state index in [2.05, 4.69) is 10.6 Å². The van der Waals surface area contributed by atoms with E-state index in [9.17, 15) is 14.4 Å². The molecule has 0 aromatic heterocycles. The number of hydrogen-bond acceptors (Lipinski definition) is 5. The van der Waals surface area contributed by atoms with E-state index in [1.165, 1.54) is 0 Å². The number of rotatable bonds is 6. The monoisotopic (exact) mass is 436 g/mol. The number of hydrogen-bond donors (Lipinski definition) is 2. The lowest BCUT2D eigenvalue weighted by Gasteiger charge is -2.27. The van der Waals surface area contributed by atoms with E-state index in [0.29, 0.717) is 48.8 Å². The van der Waals surface area contributed by atoms with Gasteiger partial charge in [-0.15, -0.1) is 0 Å². The average Bonchev–Trinajstić information content (AvgIpc) is 3.38. The van der Waals surface area contributed by atoms with Gasteiger partial charge in [0.05, 0.1) is 19.8 Å². The number of anilines is 2. The maximum absolute atomic E-state index is 12.6. The van der Waals surface area contributed by atoms with Gasteiger partial charge in [0.15, 0.2) is 0 Å². The summed E-state index contributed by atoms with van der Waals surface area (Å²) in [6.45, 7) is 3.86. The Labute approximate surface area is 187 Å². The Morgan fingerprint density at radius 3 is 2.00 bits per heavy atom. The number of nitrogens with one attached hydrogen (secondary N) is 2. The summed E-state index contributed by atoms with van der Waals surface area (Å²) in [5, 5.41) is 5.89. The second kappa shape index (κ2) is 10.3. The summed E-state index contributed by atoms with van der Waals surface area (Å²) in [5.41, 5.74) is 2.42. The van der Waals surface area contributed by atoms with Gasteiger partial charge >= 0.3 is 0 Å².